The van der Waals surface area contributed by atoms with Gasteiger partial charge < -0.3 is 7.77 Å². The van der Waals surface area contributed by atoms with E-state index < -0.39 is 0 Å². The molecule has 0 saturated heterocycles. The molecule has 0 N–H and O–H groups in total. The summed E-state index contributed by atoms with van der Waals surface area (Å²) in [5.41, 5.74) is 0. The lowest BCUT2D eigenvalue weighted by Gasteiger charge is -2.21. The molecule has 2 aromatic rings. The van der Waals surface area contributed by atoms with Gasteiger partial charge in [0.2, 0.25) is 0 Å². The molecular weight excluding hydrogens is 262 g/mol. The fourth-order valence-corrected chi connectivity index (χ4v) is 5.66. The molecule has 0 aliphatic carbocycles. The second-order valence-electron chi connectivity index (χ2n) is 4.90. The van der Waals surface area contributed by atoms with Gasteiger partial charge in [-0.1, -0.05) is 69.5 Å². The van der Waals surface area contributed by atoms with Crippen molar-refractivity contribution in [2.45, 2.75) is 0 Å². The van der Waals surface area contributed by atoms with Crippen LogP contribution in [0.15, 0.2) is 73.1 Å². The number of nitrogens with zero attached hydrogens (tertiary/aromatic N) is 2. The molecule has 2 nitrogen and oxygen atoms in total. The molecule has 0 amide bonds. The summed E-state index contributed by atoms with van der Waals surface area (Å²) in [7, 11) is 0. The highest BCUT2D eigenvalue weighted by molar-refractivity contribution is 6.52. The van der Waals surface area contributed by atoms with Crippen molar-refractivity contribution in [3.8, 4) is 0 Å². The van der Waals surface area contributed by atoms with Crippen molar-refractivity contribution < 1.29 is 0 Å². The molecule has 0 atom stereocenters. The van der Waals surface area contributed by atoms with Crippen molar-refractivity contribution >= 4 is 39.7 Å². The van der Waals surface area contributed by atoms with Crippen LogP contribution in [0.1, 0.15) is 0 Å². The molecule has 4 heteroatoms. The number of benzene rings is 2. The molecule has 0 unspecified atom stereocenters. The van der Waals surface area contributed by atoms with Gasteiger partial charge in [-0.3, -0.25) is 0 Å². The van der Waals surface area contributed by atoms with E-state index in [-0.39, 0.29) is 30.9 Å². The first kappa shape index (κ1) is 12.9. The Morgan fingerprint density at radius 2 is 1.05 bits per heavy atom. The van der Waals surface area contributed by atoms with E-state index in [1.807, 2.05) is 0 Å². The van der Waals surface area contributed by atoms with Crippen LogP contribution in [0.4, 0.5) is 0 Å². The van der Waals surface area contributed by atoms with Crippen LogP contribution in [0.3, 0.4) is 0 Å². The van der Waals surface area contributed by atoms with Crippen LogP contribution < -0.4 is 8.85 Å². The van der Waals surface area contributed by atoms with Crippen LogP contribution in [-0.2, 0) is 0 Å². The normalized spacial score (nSPS) is 13.7. The predicted octanol–water partition coefficient (Wildman–Crippen LogP) is 0.387. The number of hydrogen-bond donors (Lipinski definition) is 0. The van der Waals surface area contributed by atoms with Gasteiger partial charge in [0, 0.05) is 6.67 Å². The highest BCUT2D eigenvalue weighted by atomic mass is 27.1. The first-order valence-electron chi connectivity index (χ1n) is 6.64. The summed E-state index contributed by atoms with van der Waals surface area (Å²) in [5.74, 6) is 0. The van der Waals surface area contributed by atoms with E-state index in [2.05, 4.69) is 80.8 Å². The lowest BCUT2D eigenvalue weighted by atomic mass is 10.4. The Morgan fingerprint density at radius 3 is 1.47 bits per heavy atom. The first-order chi connectivity index (χ1) is 9.40. The maximum Gasteiger partial charge on any atom is 0.431 e. The molecule has 19 heavy (non-hydrogen) atoms. The van der Waals surface area contributed by atoms with Gasteiger partial charge in [-0.2, -0.15) is 0 Å². The Kier molecular flexibility index (Phi) is 4.28. The molecule has 0 radical (unpaired) electrons. The first-order valence-corrected chi connectivity index (χ1v) is 9.32. The second-order valence-corrected chi connectivity index (χ2v) is 8.79. The van der Waals surface area contributed by atoms with Crippen LogP contribution >= 0.6 is 0 Å². The third-order valence-electron chi connectivity index (χ3n) is 3.31. The zero-order valence-corrected chi connectivity index (χ0v) is 13.8. The summed E-state index contributed by atoms with van der Waals surface area (Å²) in [6.07, 6.45) is 4.55. The van der Waals surface area contributed by atoms with Crippen molar-refractivity contribution in [3.63, 3.8) is 0 Å². The van der Waals surface area contributed by atoms with Crippen LogP contribution in [0.5, 0.6) is 0 Å². The Hall–Kier alpha value is -1.16. The van der Waals surface area contributed by atoms with Gasteiger partial charge in [-0.15, -0.1) is 0 Å². The van der Waals surface area contributed by atoms with Gasteiger partial charge in [0.05, 0.1) is 0 Å². The summed E-state index contributed by atoms with van der Waals surface area (Å²) < 4.78 is 8.03. The van der Waals surface area contributed by atoms with E-state index in [0.717, 1.165) is 6.67 Å². The third-order valence-corrected chi connectivity index (χ3v) is 6.62. The average molecular weight is 278 g/mol. The molecular formula is C15H16Al2N2. The van der Waals surface area contributed by atoms with Crippen molar-refractivity contribution in [2.24, 2.45) is 0 Å². The topological polar surface area (TPSA) is 6.48 Å². The lowest BCUT2D eigenvalue weighted by molar-refractivity contribution is 0.487. The number of rotatable bonds is 4. The van der Waals surface area contributed by atoms with Gasteiger partial charge >= 0.3 is 30.9 Å². The second kappa shape index (κ2) is 6.33. The fourth-order valence-electron chi connectivity index (χ4n) is 2.36. The molecule has 1 aliphatic heterocycles. The largest absolute Gasteiger partial charge is 0.453 e. The minimum Gasteiger partial charge on any atom is -0.453 e. The Bertz CT molecular complexity index is 493. The van der Waals surface area contributed by atoms with E-state index >= 15 is 0 Å². The van der Waals surface area contributed by atoms with Crippen molar-refractivity contribution in [2.75, 3.05) is 6.67 Å². The lowest BCUT2D eigenvalue weighted by Crippen LogP contribution is -2.38. The van der Waals surface area contributed by atoms with Crippen LogP contribution in [0.2, 0.25) is 0 Å². The predicted molar refractivity (Wildman–Crippen MR) is 84.1 cm³/mol. The van der Waals surface area contributed by atoms with E-state index in [1.165, 1.54) is 8.85 Å². The Labute approximate surface area is 127 Å². The SMILES string of the molecule is C1=C[N]([AlH][c]2ccccc2)C[N]1[AlH][c]1ccccc1. The van der Waals surface area contributed by atoms with Crippen LogP contribution in [0.25, 0.3) is 0 Å². The summed E-state index contributed by atoms with van der Waals surface area (Å²) in [6.45, 7) is 1.09. The summed E-state index contributed by atoms with van der Waals surface area (Å²) in [6, 6.07) is 21.7. The van der Waals surface area contributed by atoms with Gasteiger partial charge in [-0.05, 0) is 12.4 Å². The van der Waals surface area contributed by atoms with Gasteiger partial charge in [0.1, 0.15) is 0 Å². The monoisotopic (exact) mass is 278 g/mol. The van der Waals surface area contributed by atoms with Crippen LogP contribution in [0, 0.1) is 0 Å². The molecule has 0 aromatic heterocycles. The van der Waals surface area contributed by atoms with E-state index in [0.29, 0.717) is 0 Å². The zero-order chi connectivity index (χ0) is 12.9. The fraction of sp³-hybridized carbons (Fsp3) is 0.0667. The molecule has 1 heterocycles. The van der Waals surface area contributed by atoms with E-state index in [4.69, 9.17) is 0 Å². The average Bonchev–Trinajstić information content (AvgIpc) is 2.88. The summed E-state index contributed by atoms with van der Waals surface area (Å²) >= 11 is -0.658. The molecule has 1 aliphatic rings. The highest BCUT2D eigenvalue weighted by Crippen LogP contribution is 2.03. The van der Waals surface area contributed by atoms with Gasteiger partial charge in [0.15, 0.2) is 0 Å². The number of hydrogen-bond acceptors (Lipinski definition) is 2. The van der Waals surface area contributed by atoms with Crippen LogP contribution in [-0.4, -0.2) is 45.3 Å². The molecule has 92 valence electrons. The molecule has 2 aromatic carbocycles. The Balaban J connectivity index is 1.55. The maximum absolute atomic E-state index is 2.51. The highest BCUT2D eigenvalue weighted by Gasteiger charge is 2.16. The van der Waals surface area contributed by atoms with Crippen molar-refractivity contribution in [1.82, 2.24) is 7.77 Å². The zero-order valence-electron chi connectivity index (χ0n) is 10.9. The third kappa shape index (κ3) is 3.66. The van der Waals surface area contributed by atoms with Gasteiger partial charge in [0.25, 0.3) is 0 Å². The van der Waals surface area contributed by atoms with E-state index in [1.54, 1.807) is 0 Å². The summed E-state index contributed by atoms with van der Waals surface area (Å²) in [5, 5.41) is 0. The standard InChI is InChI=1S/2C6H5.C3H4N2.2Al.2H/c2*1-2-4-6-5-3-1;1-2-5-3-4-1;;;;/h2*1-5H;1-2H,3H2;;;;/q;;-2;2*+1;;. The maximum atomic E-state index is 2.51. The van der Waals surface area contributed by atoms with Crippen molar-refractivity contribution in [1.29, 1.82) is 0 Å². The molecule has 3 rings (SSSR count). The van der Waals surface area contributed by atoms with E-state index in [9.17, 15) is 0 Å². The van der Waals surface area contributed by atoms with Gasteiger partial charge in [-0.25, -0.2) is 0 Å². The molecule has 0 bridgehead atoms. The minimum atomic E-state index is -0.329. The quantitative estimate of drug-likeness (QED) is 0.746. The smallest absolute Gasteiger partial charge is 0.431 e. The minimum absolute atomic E-state index is 0.329. The Morgan fingerprint density at radius 1 is 0.632 bits per heavy atom. The molecule has 0 fully saturated rings. The van der Waals surface area contributed by atoms with Crippen molar-refractivity contribution in [3.05, 3.63) is 73.1 Å². The molecule has 0 saturated carbocycles. The molecule has 0 spiro atoms. The summed E-state index contributed by atoms with van der Waals surface area (Å²) in [4.78, 5) is 0.